The van der Waals surface area contributed by atoms with Crippen molar-refractivity contribution in [2.45, 2.75) is 10.8 Å². The van der Waals surface area contributed by atoms with Crippen molar-refractivity contribution in [1.29, 1.82) is 0 Å². The van der Waals surface area contributed by atoms with E-state index >= 15 is 0 Å². The smallest absolute Gasteiger partial charge is 0.146 e. The highest BCUT2D eigenvalue weighted by atomic mass is 16.5. The Morgan fingerprint density at radius 1 is 0.270 bits per heavy atom. The Balaban J connectivity index is 0.700. The van der Waals surface area contributed by atoms with Crippen molar-refractivity contribution in [3.8, 4) is 90.0 Å². The topological polar surface area (TPSA) is 61.5 Å². The van der Waals surface area contributed by atoms with Crippen molar-refractivity contribution in [1.82, 2.24) is 19.6 Å². The largest absolute Gasteiger partial charge is 0.456 e. The van der Waals surface area contributed by atoms with Gasteiger partial charge in [-0.15, -0.1) is 10.2 Å². The van der Waals surface area contributed by atoms with E-state index in [-0.39, 0.29) is 0 Å². The molecular weight excluding hydrogens is 1080 g/mol. The summed E-state index contributed by atoms with van der Waals surface area (Å²) in [7, 11) is 0. The summed E-state index contributed by atoms with van der Waals surface area (Å²) in [6.45, 7) is 0. The average Bonchev–Trinajstić information content (AvgIpc) is 1.63. The van der Waals surface area contributed by atoms with E-state index in [1.165, 1.54) is 44.5 Å². The fourth-order valence-electron chi connectivity index (χ4n) is 16.3. The second-order valence-corrected chi connectivity index (χ2v) is 24.0. The number of hydrogen-bond acceptors (Lipinski definition) is 5. The number of aromatic nitrogens is 4. The number of fused-ring (bicyclic) bond motifs is 27. The standard InChI is InChI=1S/C83H48N4O2/c1-2-20-54-53(19-1)51(43-44-60(54)72-45-46-73(86-85-72)62-26-18-34-71-80(62)89-78-38-16-12-32-69(78)83(71)66-29-9-5-23-58(66)59-24-6-10-30-67(59)83)50-40-42-61-55-41-39-49(47-63(55)81-84-74-35-13-14-36-75(74)87(81)76(61)48-50)52-25-17-33-70-79(52)88-77-37-15-11-31-68(77)82(70)64-27-7-3-21-56(64)57-22-4-8-28-65(57)82/h1-48H. The fourth-order valence-corrected chi connectivity index (χ4v) is 16.3. The molecule has 0 atom stereocenters. The molecule has 5 heterocycles. The summed E-state index contributed by atoms with van der Waals surface area (Å²) in [6, 6.07) is 105. The van der Waals surface area contributed by atoms with Gasteiger partial charge in [0.15, 0.2) is 0 Å². The molecule has 0 saturated carbocycles. The van der Waals surface area contributed by atoms with Crippen molar-refractivity contribution < 1.29 is 9.47 Å². The first kappa shape index (κ1) is 48.5. The minimum absolute atomic E-state index is 0.561. The predicted molar refractivity (Wildman–Crippen MR) is 357 cm³/mol. The maximum Gasteiger partial charge on any atom is 0.146 e. The summed E-state index contributed by atoms with van der Waals surface area (Å²) in [5, 5.41) is 15.6. The summed E-state index contributed by atoms with van der Waals surface area (Å²) in [6.07, 6.45) is 0. The van der Waals surface area contributed by atoms with Crippen molar-refractivity contribution in [2.75, 3.05) is 0 Å². The molecule has 2 aliphatic heterocycles. The lowest BCUT2D eigenvalue weighted by molar-refractivity contribution is 0.437. The first-order chi connectivity index (χ1) is 44.1. The lowest BCUT2D eigenvalue weighted by Gasteiger charge is -2.40. The van der Waals surface area contributed by atoms with Crippen LogP contribution in [0.3, 0.4) is 0 Å². The molecule has 0 fully saturated rings. The summed E-state index contributed by atoms with van der Waals surface area (Å²) < 4.78 is 16.5. The van der Waals surface area contributed by atoms with E-state index in [0.29, 0.717) is 0 Å². The predicted octanol–water partition coefficient (Wildman–Crippen LogP) is 20.3. The zero-order chi connectivity index (χ0) is 58.1. The van der Waals surface area contributed by atoms with Crippen LogP contribution in [0.5, 0.6) is 23.0 Å². The number of benzene rings is 13. The van der Waals surface area contributed by atoms with Gasteiger partial charge in [-0.3, -0.25) is 4.40 Å². The summed E-state index contributed by atoms with van der Waals surface area (Å²) in [4.78, 5) is 5.45. The normalized spacial score (nSPS) is 14.0. The van der Waals surface area contributed by atoms with Gasteiger partial charge in [-0.25, -0.2) is 4.98 Å². The van der Waals surface area contributed by atoms with Gasteiger partial charge in [-0.2, -0.15) is 0 Å². The van der Waals surface area contributed by atoms with E-state index < -0.39 is 10.8 Å². The molecule has 412 valence electrons. The van der Waals surface area contributed by atoms with Crippen LogP contribution in [0.1, 0.15) is 44.5 Å². The number of ether oxygens (including phenoxy) is 2. The summed E-state index contributed by atoms with van der Waals surface area (Å²) in [5.74, 6) is 3.38. The third kappa shape index (κ3) is 6.36. The second-order valence-electron chi connectivity index (χ2n) is 24.0. The Kier molecular flexibility index (Phi) is 9.77. The van der Waals surface area contributed by atoms with Crippen LogP contribution in [-0.2, 0) is 10.8 Å². The highest BCUT2D eigenvalue weighted by Gasteiger charge is 2.53. The van der Waals surface area contributed by atoms with Crippen LogP contribution in [0, 0.1) is 0 Å². The van der Waals surface area contributed by atoms with Gasteiger partial charge in [0, 0.05) is 49.7 Å². The highest BCUT2D eigenvalue weighted by molar-refractivity contribution is 6.16. The number of rotatable bonds is 4. The molecule has 0 radical (unpaired) electrons. The Morgan fingerprint density at radius 2 is 0.708 bits per heavy atom. The molecule has 2 aliphatic carbocycles. The van der Waals surface area contributed by atoms with Crippen LogP contribution in [-0.4, -0.2) is 19.6 Å². The van der Waals surface area contributed by atoms with Crippen LogP contribution in [0.15, 0.2) is 291 Å². The molecule has 0 amide bonds. The molecule has 89 heavy (non-hydrogen) atoms. The molecule has 4 aliphatic rings. The molecule has 2 spiro atoms. The van der Waals surface area contributed by atoms with Crippen LogP contribution in [0.4, 0.5) is 0 Å². The van der Waals surface area contributed by atoms with Crippen molar-refractivity contribution >= 4 is 49.1 Å². The molecule has 0 unspecified atom stereocenters. The number of imidazole rings is 1. The van der Waals surface area contributed by atoms with Crippen molar-refractivity contribution in [2.24, 2.45) is 0 Å². The van der Waals surface area contributed by atoms with E-state index in [0.717, 1.165) is 139 Å². The SMILES string of the molecule is c1ccc2c(c1)Oc1c(-c3ccc4c5ccc(-c6ccc(-c7ccc(-c8cccc9c8Oc8ccccc8C98c9ccccc9-c9ccccc98)nn7)c7ccccc67)cc5n5c6ccccc6nc5c4c3)cccc1C21c2ccccc2-c2ccccc21. The Morgan fingerprint density at radius 3 is 1.30 bits per heavy atom. The van der Waals surface area contributed by atoms with Crippen LogP contribution < -0.4 is 9.47 Å². The lowest BCUT2D eigenvalue weighted by atomic mass is 9.65. The van der Waals surface area contributed by atoms with Gasteiger partial charge < -0.3 is 9.47 Å². The molecular formula is C83H48N4O2. The lowest BCUT2D eigenvalue weighted by Crippen LogP contribution is -2.32. The van der Waals surface area contributed by atoms with Gasteiger partial charge in [-0.05, 0) is 132 Å². The molecule has 6 nitrogen and oxygen atoms in total. The van der Waals surface area contributed by atoms with E-state index in [1.807, 2.05) is 0 Å². The first-order valence-electron chi connectivity index (χ1n) is 30.5. The quantitative estimate of drug-likeness (QED) is 0.164. The molecule has 13 aromatic carbocycles. The highest BCUT2D eigenvalue weighted by Crippen LogP contribution is 2.65. The minimum atomic E-state index is -0.570. The van der Waals surface area contributed by atoms with Crippen molar-refractivity contribution in [3.05, 3.63) is 336 Å². The van der Waals surface area contributed by atoms with Gasteiger partial charge in [0.05, 0.1) is 38.8 Å². The molecule has 3 aromatic heterocycles. The zero-order valence-electron chi connectivity index (χ0n) is 47.8. The summed E-state index contributed by atoms with van der Waals surface area (Å²) >= 11 is 0. The second kappa shape index (κ2) is 17.9. The van der Waals surface area contributed by atoms with Gasteiger partial charge in [0.2, 0.25) is 0 Å². The molecule has 0 bridgehead atoms. The van der Waals surface area contributed by atoms with Gasteiger partial charge >= 0.3 is 0 Å². The third-order valence-corrected chi connectivity index (χ3v) is 19.9. The fraction of sp³-hybridized carbons (Fsp3) is 0.0241. The van der Waals surface area contributed by atoms with Gasteiger partial charge in [0.25, 0.3) is 0 Å². The van der Waals surface area contributed by atoms with E-state index in [1.54, 1.807) is 0 Å². The summed E-state index contributed by atoms with van der Waals surface area (Å²) in [5.41, 5.74) is 25.2. The van der Waals surface area contributed by atoms with Crippen LogP contribution in [0.25, 0.3) is 116 Å². The number of hydrogen-bond donors (Lipinski definition) is 0. The molecule has 6 heteroatoms. The van der Waals surface area contributed by atoms with E-state index in [9.17, 15) is 0 Å². The maximum atomic E-state index is 7.16. The number of pyridine rings is 1. The number of nitrogens with zero attached hydrogens (tertiary/aromatic N) is 4. The maximum absolute atomic E-state index is 7.16. The molecule has 0 N–H and O–H groups in total. The third-order valence-electron chi connectivity index (χ3n) is 19.9. The first-order valence-corrected chi connectivity index (χ1v) is 30.5. The molecule has 16 aromatic rings. The van der Waals surface area contributed by atoms with E-state index in [4.69, 9.17) is 24.7 Å². The van der Waals surface area contributed by atoms with Crippen LogP contribution >= 0.6 is 0 Å². The zero-order valence-corrected chi connectivity index (χ0v) is 47.8. The van der Waals surface area contributed by atoms with Crippen LogP contribution in [0.2, 0.25) is 0 Å². The van der Waals surface area contributed by atoms with Crippen molar-refractivity contribution in [3.63, 3.8) is 0 Å². The van der Waals surface area contributed by atoms with Gasteiger partial charge in [-0.1, -0.05) is 237 Å². The van der Waals surface area contributed by atoms with E-state index in [2.05, 4.69) is 296 Å². The Bertz CT molecular complexity index is 5690. The molecule has 0 saturated heterocycles. The Hall–Kier alpha value is -11.7. The van der Waals surface area contributed by atoms with Gasteiger partial charge in [0.1, 0.15) is 28.6 Å². The monoisotopic (exact) mass is 1130 g/mol. The number of para-hydroxylation sites is 6. The minimum Gasteiger partial charge on any atom is -0.456 e. The molecule has 20 rings (SSSR count). The Labute approximate surface area is 511 Å². The average molecular weight is 1130 g/mol.